The fourth-order valence-corrected chi connectivity index (χ4v) is 1.77. The van der Waals surface area contributed by atoms with E-state index in [4.69, 9.17) is 10.9 Å². The van der Waals surface area contributed by atoms with Crippen LogP contribution in [0.3, 0.4) is 0 Å². The molecule has 1 rings (SSSR count). The van der Waals surface area contributed by atoms with Crippen molar-refractivity contribution in [3.05, 3.63) is 10.7 Å². The molecule has 1 aromatic heterocycles. The van der Waals surface area contributed by atoms with Crippen LogP contribution in [0.4, 0.5) is 11.8 Å². The number of aliphatic hydroxyl groups is 1. The summed E-state index contributed by atoms with van der Waals surface area (Å²) in [4.78, 5) is 10.3. The minimum absolute atomic E-state index is 0.168. The molecule has 0 amide bonds. The van der Waals surface area contributed by atoms with Crippen molar-refractivity contribution in [1.82, 2.24) is 9.97 Å². The van der Waals surface area contributed by atoms with Crippen molar-refractivity contribution in [2.75, 3.05) is 30.0 Å². The van der Waals surface area contributed by atoms with Gasteiger partial charge in [-0.2, -0.15) is 4.98 Å². The summed E-state index contributed by atoms with van der Waals surface area (Å²) in [6.07, 6.45) is 2.36. The molecule has 7 heteroatoms. The molecule has 90 valence electrons. The van der Waals surface area contributed by atoms with Gasteiger partial charge < -0.3 is 10.0 Å². The largest absolute Gasteiger partial charge is 0.396 e. The zero-order valence-corrected chi connectivity index (χ0v) is 10.7. The van der Waals surface area contributed by atoms with Crippen molar-refractivity contribution in [2.24, 2.45) is 5.84 Å². The molecular formula is C9H16BrN5O. The molecule has 0 spiro atoms. The van der Waals surface area contributed by atoms with Crippen LogP contribution >= 0.6 is 15.9 Å². The molecule has 0 saturated heterocycles. The fourth-order valence-electron chi connectivity index (χ4n) is 1.32. The van der Waals surface area contributed by atoms with Crippen LogP contribution in [0, 0.1) is 0 Å². The molecule has 0 saturated carbocycles. The van der Waals surface area contributed by atoms with Gasteiger partial charge in [-0.3, -0.25) is 5.43 Å². The Hall–Kier alpha value is -0.920. The van der Waals surface area contributed by atoms with Crippen molar-refractivity contribution in [1.29, 1.82) is 0 Å². The Morgan fingerprint density at radius 3 is 2.94 bits per heavy atom. The highest BCUT2D eigenvalue weighted by Crippen LogP contribution is 2.23. The van der Waals surface area contributed by atoms with Gasteiger partial charge in [-0.25, -0.2) is 10.8 Å². The van der Waals surface area contributed by atoms with Gasteiger partial charge >= 0.3 is 0 Å². The van der Waals surface area contributed by atoms with Crippen molar-refractivity contribution in [2.45, 2.75) is 13.3 Å². The average molecular weight is 290 g/mol. The molecule has 6 nitrogen and oxygen atoms in total. The molecule has 0 aliphatic carbocycles. The van der Waals surface area contributed by atoms with Crippen molar-refractivity contribution >= 4 is 27.7 Å². The lowest BCUT2D eigenvalue weighted by Crippen LogP contribution is -2.26. The van der Waals surface area contributed by atoms with Gasteiger partial charge in [0.25, 0.3) is 0 Å². The first-order chi connectivity index (χ1) is 7.72. The standard InChI is InChI=1S/C9H16BrN5O/c1-2-15(4-3-5-16)8-7(10)6-12-9(13-8)14-11/h6,16H,2-5,11H2,1H3,(H,12,13,14). The number of nitrogens with zero attached hydrogens (tertiary/aromatic N) is 3. The summed E-state index contributed by atoms with van der Waals surface area (Å²) in [5.41, 5.74) is 2.41. The van der Waals surface area contributed by atoms with Crippen LogP contribution in [0.15, 0.2) is 10.7 Å². The van der Waals surface area contributed by atoms with E-state index in [0.29, 0.717) is 12.4 Å². The normalized spacial score (nSPS) is 10.2. The number of aromatic nitrogens is 2. The number of hydrogen-bond donors (Lipinski definition) is 3. The molecule has 4 N–H and O–H groups in total. The predicted octanol–water partition coefficient (Wildman–Crippen LogP) is 0.733. The minimum Gasteiger partial charge on any atom is -0.396 e. The summed E-state index contributed by atoms with van der Waals surface area (Å²) in [7, 11) is 0. The van der Waals surface area contributed by atoms with E-state index >= 15 is 0 Å². The molecule has 0 aliphatic rings. The molecular weight excluding hydrogens is 274 g/mol. The van der Waals surface area contributed by atoms with Gasteiger partial charge in [0.05, 0.1) is 4.47 Å². The van der Waals surface area contributed by atoms with E-state index in [0.717, 1.165) is 23.4 Å². The van der Waals surface area contributed by atoms with Gasteiger partial charge in [0, 0.05) is 25.9 Å². The van der Waals surface area contributed by atoms with Gasteiger partial charge in [-0.05, 0) is 29.3 Å². The van der Waals surface area contributed by atoms with Crippen LogP contribution < -0.4 is 16.2 Å². The topological polar surface area (TPSA) is 87.3 Å². The summed E-state index contributed by atoms with van der Waals surface area (Å²) < 4.78 is 0.811. The first kappa shape index (κ1) is 13.1. The highest BCUT2D eigenvalue weighted by molar-refractivity contribution is 9.10. The van der Waals surface area contributed by atoms with E-state index in [9.17, 15) is 0 Å². The average Bonchev–Trinajstić information content (AvgIpc) is 2.32. The van der Waals surface area contributed by atoms with E-state index in [1.807, 2.05) is 11.8 Å². The van der Waals surface area contributed by atoms with E-state index in [1.165, 1.54) is 0 Å². The van der Waals surface area contributed by atoms with Gasteiger partial charge in [0.1, 0.15) is 5.82 Å². The molecule has 16 heavy (non-hydrogen) atoms. The van der Waals surface area contributed by atoms with Crippen LogP contribution in [-0.2, 0) is 0 Å². The Bertz CT molecular complexity index is 336. The zero-order valence-electron chi connectivity index (χ0n) is 9.15. The Labute approximate surface area is 103 Å². The number of halogens is 1. The zero-order chi connectivity index (χ0) is 12.0. The number of aliphatic hydroxyl groups excluding tert-OH is 1. The van der Waals surface area contributed by atoms with Gasteiger partial charge in [0.2, 0.25) is 5.95 Å². The molecule has 0 aromatic carbocycles. The lowest BCUT2D eigenvalue weighted by Gasteiger charge is -2.22. The summed E-state index contributed by atoms with van der Waals surface area (Å²) in [5, 5.41) is 8.82. The maximum absolute atomic E-state index is 8.82. The molecule has 0 bridgehead atoms. The number of nitrogens with two attached hydrogens (primary N) is 1. The third kappa shape index (κ3) is 3.29. The third-order valence-corrected chi connectivity index (χ3v) is 2.68. The maximum Gasteiger partial charge on any atom is 0.239 e. The van der Waals surface area contributed by atoms with Crippen molar-refractivity contribution in [3.63, 3.8) is 0 Å². The minimum atomic E-state index is 0.168. The lowest BCUT2D eigenvalue weighted by molar-refractivity contribution is 0.289. The highest BCUT2D eigenvalue weighted by atomic mass is 79.9. The Morgan fingerprint density at radius 1 is 1.62 bits per heavy atom. The molecule has 0 aliphatic heterocycles. The number of rotatable bonds is 6. The van der Waals surface area contributed by atoms with Crippen molar-refractivity contribution in [3.8, 4) is 0 Å². The second-order valence-electron chi connectivity index (χ2n) is 3.17. The smallest absolute Gasteiger partial charge is 0.239 e. The van der Waals surface area contributed by atoms with E-state index in [-0.39, 0.29) is 6.61 Å². The number of anilines is 2. The second kappa shape index (κ2) is 6.62. The summed E-state index contributed by atoms with van der Waals surface area (Å²) in [5.74, 6) is 6.41. The summed E-state index contributed by atoms with van der Waals surface area (Å²) in [6, 6.07) is 0. The number of nitrogen functional groups attached to an aromatic ring is 1. The van der Waals surface area contributed by atoms with E-state index < -0.39 is 0 Å². The second-order valence-corrected chi connectivity index (χ2v) is 4.02. The highest BCUT2D eigenvalue weighted by Gasteiger charge is 2.11. The fraction of sp³-hybridized carbons (Fsp3) is 0.556. The van der Waals surface area contributed by atoms with E-state index in [2.05, 4.69) is 31.3 Å². The molecule has 1 heterocycles. The van der Waals surface area contributed by atoms with Gasteiger partial charge in [0.15, 0.2) is 0 Å². The van der Waals surface area contributed by atoms with Crippen LogP contribution in [-0.4, -0.2) is 34.8 Å². The van der Waals surface area contributed by atoms with Crippen LogP contribution in [0.25, 0.3) is 0 Å². The third-order valence-electron chi connectivity index (χ3n) is 2.12. The quantitative estimate of drug-likeness (QED) is 0.529. The SMILES string of the molecule is CCN(CCCO)c1nc(NN)ncc1Br. The van der Waals surface area contributed by atoms with Crippen LogP contribution in [0.2, 0.25) is 0 Å². The summed E-state index contributed by atoms with van der Waals surface area (Å²) in [6.45, 7) is 3.74. The lowest BCUT2D eigenvalue weighted by atomic mass is 10.4. The molecule has 0 radical (unpaired) electrons. The number of hydrazine groups is 1. The monoisotopic (exact) mass is 289 g/mol. The Morgan fingerprint density at radius 2 is 2.38 bits per heavy atom. The number of hydrogen-bond acceptors (Lipinski definition) is 6. The summed E-state index contributed by atoms with van der Waals surface area (Å²) >= 11 is 3.40. The molecule has 0 atom stereocenters. The molecule has 1 aromatic rings. The Balaban J connectivity index is 2.89. The Kier molecular flexibility index (Phi) is 5.44. The molecule has 0 fully saturated rings. The van der Waals surface area contributed by atoms with Gasteiger partial charge in [-0.15, -0.1) is 0 Å². The van der Waals surface area contributed by atoms with Crippen LogP contribution in [0.5, 0.6) is 0 Å². The predicted molar refractivity (Wildman–Crippen MR) is 67.1 cm³/mol. The van der Waals surface area contributed by atoms with E-state index in [1.54, 1.807) is 6.20 Å². The number of nitrogens with one attached hydrogen (secondary N) is 1. The maximum atomic E-state index is 8.82. The van der Waals surface area contributed by atoms with Gasteiger partial charge in [-0.1, -0.05) is 0 Å². The molecule has 0 unspecified atom stereocenters. The first-order valence-electron chi connectivity index (χ1n) is 5.07. The van der Waals surface area contributed by atoms with Crippen molar-refractivity contribution < 1.29 is 5.11 Å². The van der Waals surface area contributed by atoms with Crippen LogP contribution in [0.1, 0.15) is 13.3 Å². The first-order valence-corrected chi connectivity index (χ1v) is 5.87.